The Labute approximate surface area is 98.6 Å². The van der Waals surface area contributed by atoms with Crippen LogP contribution in [0.15, 0.2) is 18.5 Å². The second-order valence-electron chi connectivity index (χ2n) is 3.92. The zero-order valence-electron chi connectivity index (χ0n) is 9.27. The van der Waals surface area contributed by atoms with Gasteiger partial charge in [-0.15, -0.1) is 0 Å². The molecule has 0 bridgehead atoms. The van der Waals surface area contributed by atoms with Crippen LogP contribution in [0.25, 0.3) is 0 Å². The summed E-state index contributed by atoms with van der Waals surface area (Å²) in [6.45, 7) is 0.667. The number of hydrogen-bond donors (Lipinski definition) is 3. The fourth-order valence-corrected chi connectivity index (χ4v) is 1.74. The van der Waals surface area contributed by atoms with Crippen LogP contribution in [-0.4, -0.2) is 29.4 Å². The summed E-state index contributed by atoms with van der Waals surface area (Å²) in [4.78, 5) is 27.2. The number of nitrogens with zero attached hydrogens (tertiary/aromatic N) is 1. The van der Waals surface area contributed by atoms with Crippen LogP contribution in [-0.2, 0) is 4.79 Å². The van der Waals surface area contributed by atoms with E-state index in [1.165, 1.54) is 12.4 Å². The molecule has 6 nitrogen and oxygen atoms in total. The van der Waals surface area contributed by atoms with Crippen molar-refractivity contribution in [1.29, 1.82) is 0 Å². The van der Waals surface area contributed by atoms with Crippen LogP contribution in [0.1, 0.15) is 23.2 Å². The molecule has 90 valence electrons. The maximum atomic E-state index is 11.9. The lowest BCUT2D eigenvalue weighted by molar-refractivity contribution is -0.124. The summed E-state index contributed by atoms with van der Waals surface area (Å²) in [5.41, 5.74) is 6.31. The molecule has 2 heterocycles. The monoisotopic (exact) mass is 234 g/mol. The molecule has 1 aliphatic rings. The quantitative estimate of drug-likeness (QED) is 0.652. The molecular formula is C11H14N4O2. The molecule has 0 spiro atoms. The number of nitrogen functional groups attached to an aromatic ring is 1. The maximum Gasteiger partial charge on any atom is 0.255 e. The first-order chi connectivity index (χ1) is 8.18. The smallest absolute Gasteiger partial charge is 0.255 e. The second-order valence-corrected chi connectivity index (χ2v) is 3.92. The van der Waals surface area contributed by atoms with Crippen LogP contribution < -0.4 is 16.4 Å². The zero-order chi connectivity index (χ0) is 12.3. The third-order valence-corrected chi connectivity index (χ3v) is 2.69. The lowest BCUT2D eigenvalue weighted by Crippen LogP contribution is -2.50. The Kier molecular flexibility index (Phi) is 3.22. The number of carbonyl (C=O) groups is 2. The molecule has 1 unspecified atom stereocenters. The van der Waals surface area contributed by atoms with E-state index in [0.717, 1.165) is 6.42 Å². The molecule has 0 radical (unpaired) electrons. The highest BCUT2D eigenvalue weighted by molar-refractivity contribution is 6.01. The lowest BCUT2D eigenvalue weighted by Gasteiger charge is -2.22. The molecule has 1 aromatic rings. The minimum atomic E-state index is -0.476. The van der Waals surface area contributed by atoms with E-state index in [2.05, 4.69) is 15.6 Å². The molecule has 1 aromatic heterocycles. The average molecular weight is 234 g/mol. The molecule has 2 amide bonds. The minimum absolute atomic E-state index is 0.146. The third kappa shape index (κ3) is 2.52. The van der Waals surface area contributed by atoms with Crippen LogP contribution in [0.4, 0.5) is 5.69 Å². The first kappa shape index (κ1) is 11.4. The summed E-state index contributed by atoms with van der Waals surface area (Å²) in [5, 5.41) is 5.36. The van der Waals surface area contributed by atoms with E-state index in [9.17, 15) is 9.59 Å². The topological polar surface area (TPSA) is 97.1 Å². The highest BCUT2D eigenvalue weighted by Crippen LogP contribution is 2.10. The fourth-order valence-electron chi connectivity index (χ4n) is 1.74. The Morgan fingerprint density at radius 2 is 2.41 bits per heavy atom. The van der Waals surface area contributed by atoms with Gasteiger partial charge in [0, 0.05) is 24.6 Å². The minimum Gasteiger partial charge on any atom is -0.398 e. The van der Waals surface area contributed by atoms with Gasteiger partial charge in [0.2, 0.25) is 5.91 Å². The Morgan fingerprint density at radius 1 is 1.59 bits per heavy atom. The molecule has 6 heteroatoms. The Bertz CT molecular complexity index is 447. The van der Waals surface area contributed by atoms with E-state index in [-0.39, 0.29) is 11.8 Å². The summed E-state index contributed by atoms with van der Waals surface area (Å²) >= 11 is 0. The number of amides is 2. The van der Waals surface area contributed by atoms with Crippen molar-refractivity contribution in [2.45, 2.75) is 18.9 Å². The molecule has 1 aliphatic heterocycles. The number of aromatic nitrogens is 1. The molecule has 0 saturated carbocycles. The zero-order valence-corrected chi connectivity index (χ0v) is 9.27. The van der Waals surface area contributed by atoms with Gasteiger partial charge < -0.3 is 16.4 Å². The van der Waals surface area contributed by atoms with E-state index >= 15 is 0 Å². The SMILES string of the molecule is Nc1ccncc1C(=O)NC1CCCNC1=O. The summed E-state index contributed by atoms with van der Waals surface area (Å²) in [7, 11) is 0. The van der Waals surface area contributed by atoms with Crippen molar-refractivity contribution in [3.05, 3.63) is 24.0 Å². The first-order valence-electron chi connectivity index (χ1n) is 5.46. The van der Waals surface area contributed by atoms with Gasteiger partial charge in [-0.3, -0.25) is 14.6 Å². The molecule has 0 aromatic carbocycles. The number of nitrogens with one attached hydrogen (secondary N) is 2. The standard InChI is InChI=1S/C11H14N4O2/c12-8-3-5-13-6-7(8)10(16)15-9-2-1-4-14-11(9)17/h3,5-6,9H,1-2,4H2,(H2,12,13)(H,14,17)(H,15,16). The van der Waals surface area contributed by atoms with Gasteiger partial charge in [-0.05, 0) is 18.9 Å². The number of nitrogens with two attached hydrogens (primary N) is 1. The van der Waals surface area contributed by atoms with Crippen molar-refractivity contribution in [3.63, 3.8) is 0 Å². The molecule has 1 fully saturated rings. The molecule has 4 N–H and O–H groups in total. The van der Waals surface area contributed by atoms with Crippen LogP contribution in [0.5, 0.6) is 0 Å². The predicted molar refractivity (Wildman–Crippen MR) is 62.1 cm³/mol. The molecule has 1 saturated heterocycles. The number of carbonyl (C=O) groups excluding carboxylic acids is 2. The van der Waals surface area contributed by atoms with Crippen molar-refractivity contribution in [2.75, 3.05) is 12.3 Å². The Morgan fingerprint density at radius 3 is 3.12 bits per heavy atom. The van der Waals surface area contributed by atoms with Crippen molar-refractivity contribution in [3.8, 4) is 0 Å². The van der Waals surface area contributed by atoms with Crippen molar-refractivity contribution >= 4 is 17.5 Å². The first-order valence-corrected chi connectivity index (χ1v) is 5.46. The third-order valence-electron chi connectivity index (χ3n) is 2.69. The van der Waals surface area contributed by atoms with Gasteiger partial charge in [0.1, 0.15) is 6.04 Å². The van der Waals surface area contributed by atoms with Gasteiger partial charge in [-0.25, -0.2) is 0 Å². The van der Waals surface area contributed by atoms with Gasteiger partial charge in [0.15, 0.2) is 0 Å². The van der Waals surface area contributed by atoms with Crippen LogP contribution in [0, 0.1) is 0 Å². The van der Waals surface area contributed by atoms with Crippen LogP contribution >= 0.6 is 0 Å². The highest BCUT2D eigenvalue weighted by Gasteiger charge is 2.24. The average Bonchev–Trinajstić information content (AvgIpc) is 2.32. The summed E-state index contributed by atoms with van der Waals surface area (Å²) in [5.74, 6) is -0.510. The summed E-state index contributed by atoms with van der Waals surface area (Å²) < 4.78 is 0. The highest BCUT2D eigenvalue weighted by atomic mass is 16.2. The molecule has 1 atom stereocenters. The van der Waals surface area contributed by atoms with Gasteiger partial charge in [-0.1, -0.05) is 0 Å². The van der Waals surface area contributed by atoms with Gasteiger partial charge in [0.05, 0.1) is 5.56 Å². The largest absolute Gasteiger partial charge is 0.398 e. The number of rotatable bonds is 2. The van der Waals surface area contributed by atoms with E-state index in [4.69, 9.17) is 5.73 Å². The number of pyridine rings is 1. The maximum absolute atomic E-state index is 11.9. The lowest BCUT2D eigenvalue weighted by atomic mass is 10.1. The predicted octanol–water partition coefficient (Wildman–Crippen LogP) is -0.328. The Hall–Kier alpha value is -2.11. The molecule has 17 heavy (non-hydrogen) atoms. The number of anilines is 1. The van der Waals surface area contributed by atoms with Gasteiger partial charge in [0.25, 0.3) is 5.91 Å². The van der Waals surface area contributed by atoms with E-state index in [1.807, 2.05) is 0 Å². The van der Waals surface area contributed by atoms with Crippen molar-refractivity contribution in [2.24, 2.45) is 0 Å². The van der Waals surface area contributed by atoms with Crippen LogP contribution in [0.2, 0.25) is 0 Å². The molecular weight excluding hydrogens is 220 g/mol. The molecule has 2 rings (SSSR count). The van der Waals surface area contributed by atoms with E-state index in [0.29, 0.717) is 24.2 Å². The van der Waals surface area contributed by atoms with E-state index < -0.39 is 6.04 Å². The van der Waals surface area contributed by atoms with Crippen molar-refractivity contribution in [1.82, 2.24) is 15.6 Å². The fraction of sp³-hybridized carbons (Fsp3) is 0.364. The summed E-state index contributed by atoms with van der Waals surface area (Å²) in [6.07, 6.45) is 4.42. The number of piperidine rings is 1. The van der Waals surface area contributed by atoms with Gasteiger partial charge >= 0.3 is 0 Å². The van der Waals surface area contributed by atoms with E-state index in [1.54, 1.807) is 6.07 Å². The van der Waals surface area contributed by atoms with Gasteiger partial charge in [-0.2, -0.15) is 0 Å². The van der Waals surface area contributed by atoms with Crippen LogP contribution in [0.3, 0.4) is 0 Å². The molecule has 0 aliphatic carbocycles. The van der Waals surface area contributed by atoms with Crippen molar-refractivity contribution < 1.29 is 9.59 Å². The normalized spacial score (nSPS) is 19.5. The number of hydrogen-bond acceptors (Lipinski definition) is 4. The summed E-state index contributed by atoms with van der Waals surface area (Å²) in [6, 6.07) is 1.08. The Balaban J connectivity index is 2.06. The second kappa shape index (κ2) is 4.82.